The first-order valence-corrected chi connectivity index (χ1v) is 7.37. The maximum Gasteiger partial charge on any atom is 0.251 e. The molecule has 6 nitrogen and oxygen atoms in total. The smallest absolute Gasteiger partial charge is 0.251 e. The minimum absolute atomic E-state index is 0.00485. The van der Waals surface area contributed by atoms with Gasteiger partial charge in [0.1, 0.15) is 11.4 Å². The Labute approximate surface area is 134 Å². The zero-order valence-electron chi connectivity index (χ0n) is 13.1. The molecule has 1 aromatic heterocycles. The zero-order chi connectivity index (χ0) is 16.9. The number of benzene rings is 1. The van der Waals surface area contributed by atoms with Crippen LogP contribution < -0.4 is 10.6 Å². The summed E-state index contributed by atoms with van der Waals surface area (Å²) in [6.07, 6.45) is 1.83. The number of nitrogens with one attached hydrogen (secondary N) is 2. The van der Waals surface area contributed by atoms with Crippen LogP contribution in [-0.2, 0) is 10.4 Å². The lowest BCUT2D eigenvalue weighted by atomic mass is 10.0. The molecule has 1 unspecified atom stereocenters. The van der Waals surface area contributed by atoms with E-state index in [0.717, 1.165) is 0 Å². The van der Waals surface area contributed by atoms with E-state index in [1.54, 1.807) is 50.2 Å². The van der Waals surface area contributed by atoms with Crippen molar-refractivity contribution in [3.8, 4) is 0 Å². The molecule has 3 N–H and O–H groups in total. The first-order valence-electron chi connectivity index (χ1n) is 7.37. The largest absolute Gasteiger partial charge is 0.466 e. The van der Waals surface area contributed by atoms with E-state index in [0.29, 0.717) is 23.4 Å². The summed E-state index contributed by atoms with van der Waals surface area (Å²) >= 11 is 0. The number of hydrogen-bond donors (Lipinski definition) is 3. The van der Waals surface area contributed by atoms with Gasteiger partial charge in [-0.25, -0.2) is 0 Å². The Bertz CT molecular complexity index is 678. The van der Waals surface area contributed by atoms with E-state index in [-0.39, 0.29) is 18.4 Å². The number of furan rings is 1. The van der Waals surface area contributed by atoms with Gasteiger partial charge in [-0.2, -0.15) is 0 Å². The number of carbonyl (C=O) groups excluding carboxylic acids is 2. The average Bonchev–Trinajstić information content (AvgIpc) is 3.08. The van der Waals surface area contributed by atoms with E-state index < -0.39 is 5.60 Å². The van der Waals surface area contributed by atoms with Crippen LogP contribution in [0.4, 0.5) is 5.69 Å². The lowest BCUT2D eigenvalue weighted by Crippen LogP contribution is -2.38. The number of anilines is 1. The number of amides is 2. The van der Waals surface area contributed by atoms with Gasteiger partial charge < -0.3 is 20.2 Å². The van der Waals surface area contributed by atoms with Crippen LogP contribution in [0.1, 0.15) is 36.4 Å². The van der Waals surface area contributed by atoms with E-state index in [4.69, 9.17) is 4.42 Å². The predicted octanol–water partition coefficient (Wildman–Crippen LogP) is 2.27. The van der Waals surface area contributed by atoms with Crippen LogP contribution in [0.5, 0.6) is 0 Å². The SMILES string of the molecule is CCC(=O)Nc1cccc(C(=O)NCC(C)(O)c2ccco2)c1. The summed E-state index contributed by atoms with van der Waals surface area (Å²) in [4.78, 5) is 23.6. The van der Waals surface area contributed by atoms with Crippen molar-refractivity contribution in [3.63, 3.8) is 0 Å². The first-order chi connectivity index (χ1) is 10.9. The lowest BCUT2D eigenvalue weighted by Gasteiger charge is -2.21. The standard InChI is InChI=1S/C17H20N2O4/c1-3-15(20)19-13-7-4-6-12(10-13)16(21)18-11-17(2,22)14-8-5-9-23-14/h4-10,22H,3,11H2,1-2H3,(H,18,21)(H,19,20). The van der Waals surface area contributed by atoms with Crippen LogP contribution in [0.15, 0.2) is 47.1 Å². The summed E-state index contributed by atoms with van der Waals surface area (Å²) in [6.45, 7) is 3.32. The minimum Gasteiger partial charge on any atom is -0.466 e. The molecule has 0 aliphatic heterocycles. The van der Waals surface area contributed by atoms with Crippen molar-refractivity contribution >= 4 is 17.5 Å². The molecule has 6 heteroatoms. The highest BCUT2D eigenvalue weighted by atomic mass is 16.4. The van der Waals surface area contributed by atoms with E-state index >= 15 is 0 Å². The van der Waals surface area contributed by atoms with Crippen molar-refractivity contribution in [1.29, 1.82) is 0 Å². The van der Waals surface area contributed by atoms with Crippen molar-refractivity contribution in [1.82, 2.24) is 5.32 Å². The molecular weight excluding hydrogens is 296 g/mol. The fourth-order valence-electron chi connectivity index (χ4n) is 2.01. The average molecular weight is 316 g/mol. The van der Waals surface area contributed by atoms with Crippen LogP contribution in [0.25, 0.3) is 0 Å². The molecule has 0 aliphatic carbocycles. The lowest BCUT2D eigenvalue weighted by molar-refractivity contribution is -0.115. The van der Waals surface area contributed by atoms with Gasteiger partial charge in [-0.1, -0.05) is 13.0 Å². The van der Waals surface area contributed by atoms with E-state index in [9.17, 15) is 14.7 Å². The molecule has 0 fully saturated rings. The van der Waals surface area contributed by atoms with Crippen LogP contribution >= 0.6 is 0 Å². The topological polar surface area (TPSA) is 91.6 Å². The van der Waals surface area contributed by atoms with E-state index in [2.05, 4.69) is 10.6 Å². The third-order valence-corrected chi connectivity index (χ3v) is 3.37. The summed E-state index contributed by atoms with van der Waals surface area (Å²) in [6, 6.07) is 9.94. The monoisotopic (exact) mass is 316 g/mol. The molecule has 0 radical (unpaired) electrons. The summed E-state index contributed by atoms with van der Waals surface area (Å²) in [5, 5.41) is 15.7. The Balaban J connectivity index is 2.01. The molecule has 0 saturated heterocycles. The molecule has 0 saturated carbocycles. The van der Waals surface area contributed by atoms with Gasteiger partial charge in [0.05, 0.1) is 12.8 Å². The van der Waals surface area contributed by atoms with Crippen molar-refractivity contribution < 1.29 is 19.1 Å². The number of rotatable bonds is 6. The molecule has 2 aromatic rings. The Kier molecular flexibility index (Phi) is 5.18. The molecule has 0 spiro atoms. The summed E-state index contributed by atoms with van der Waals surface area (Å²) in [7, 11) is 0. The van der Waals surface area contributed by atoms with Gasteiger partial charge in [-0.15, -0.1) is 0 Å². The van der Waals surface area contributed by atoms with Crippen molar-refractivity contribution in [2.75, 3.05) is 11.9 Å². The number of aliphatic hydroxyl groups is 1. The van der Waals surface area contributed by atoms with Gasteiger partial charge in [0, 0.05) is 17.7 Å². The second-order valence-electron chi connectivity index (χ2n) is 5.42. The van der Waals surface area contributed by atoms with Crippen molar-refractivity contribution in [2.45, 2.75) is 25.9 Å². The van der Waals surface area contributed by atoms with E-state index in [1.165, 1.54) is 6.26 Å². The Morgan fingerprint density at radius 2 is 2.04 bits per heavy atom. The summed E-state index contributed by atoms with van der Waals surface area (Å²) < 4.78 is 5.16. The summed E-state index contributed by atoms with van der Waals surface area (Å²) in [5.41, 5.74) is -0.343. The molecule has 0 bridgehead atoms. The van der Waals surface area contributed by atoms with Gasteiger partial charge in [-0.3, -0.25) is 9.59 Å². The maximum absolute atomic E-state index is 12.2. The fraction of sp³-hybridized carbons (Fsp3) is 0.294. The molecule has 1 heterocycles. The number of hydrogen-bond acceptors (Lipinski definition) is 4. The molecule has 2 amide bonds. The predicted molar refractivity (Wildman–Crippen MR) is 86.0 cm³/mol. The fourth-order valence-corrected chi connectivity index (χ4v) is 2.01. The van der Waals surface area contributed by atoms with Crippen molar-refractivity contribution in [3.05, 3.63) is 54.0 Å². The minimum atomic E-state index is -1.30. The molecular formula is C17H20N2O4. The van der Waals surface area contributed by atoms with Crippen LogP contribution in [-0.4, -0.2) is 23.5 Å². The Morgan fingerprint density at radius 1 is 1.26 bits per heavy atom. The highest BCUT2D eigenvalue weighted by molar-refractivity contribution is 5.97. The van der Waals surface area contributed by atoms with Gasteiger partial charge in [-0.05, 0) is 37.3 Å². The quantitative estimate of drug-likeness (QED) is 0.762. The molecule has 0 aliphatic rings. The van der Waals surface area contributed by atoms with Crippen LogP contribution in [0.3, 0.4) is 0 Å². The Morgan fingerprint density at radius 3 is 2.70 bits per heavy atom. The normalized spacial score (nSPS) is 13.2. The van der Waals surface area contributed by atoms with Gasteiger partial charge in [0.25, 0.3) is 5.91 Å². The van der Waals surface area contributed by atoms with Crippen LogP contribution in [0, 0.1) is 0 Å². The maximum atomic E-state index is 12.2. The van der Waals surface area contributed by atoms with E-state index in [1.807, 2.05) is 0 Å². The Hall–Kier alpha value is -2.60. The molecule has 1 atom stereocenters. The third kappa shape index (κ3) is 4.43. The van der Waals surface area contributed by atoms with Gasteiger partial charge in [0.15, 0.2) is 0 Å². The first kappa shape index (κ1) is 16.8. The van der Waals surface area contributed by atoms with Gasteiger partial charge >= 0.3 is 0 Å². The molecule has 23 heavy (non-hydrogen) atoms. The molecule has 2 rings (SSSR count). The molecule has 122 valence electrons. The second-order valence-corrected chi connectivity index (χ2v) is 5.42. The van der Waals surface area contributed by atoms with Gasteiger partial charge in [0.2, 0.25) is 5.91 Å². The summed E-state index contributed by atoms with van der Waals surface area (Å²) in [5.74, 6) is -0.0884. The van der Waals surface area contributed by atoms with Crippen LogP contribution in [0.2, 0.25) is 0 Å². The third-order valence-electron chi connectivity index (χ3n) is 3.37. The highest BCUT2D eigenvalue weighted by Crippen LogP contribution is 2.20. The highest BCUT2D eigenvalue weighted by Gasteiger charge is 2.27. The zero-order valence-corrected chi connectivity index (χ0v) is 13.1. The number of carbonyl (C=O) groups is 2. The van der Waals surface area contributed by atoms with Crippen molar-refractivity contribution in [2.24, 2.45) is 0 Å². The second kappa shape index (κ2) is 7.11. The molecule has 1 aromatic carbocycles.